The summed E-state index contributed by atoms with van der Waals surface area (Å²) in [6.07, 6.45) is 0.855. The molecule has 0 bridgehead atoms. The number of aromatic nitrogens is 1. The van der Waals surface area contributed by atoms with Crippen LogP contribution in [0, 0.1) is 5.41 Å². The average Bonchev–Trinajstić information content (AvgIpc) is 2.86. The first-order valence-corrected chi connectivity index (χ1v) is 7.45. The lowest BCUT2D eigenvalue weighted by Gasteiger charge is -2.36. The van der Waals surface area contributed by atoms with Crippen molar-refractivity contribution < 1.29 is 19.5 Å². The number of thiazole rings is 1. The van der Waals surface area contributed by atoms with Gasteiger partial charge in [-0.2, -0.15) is 0 Å². The summed E-state index contributed by atoms with van der Waals surface area (Å²) in [5, 5.41) is 13.7. The molecule has 2 N–H and O–H groups in total. The van der Waals surface area contributed by atoms with Crippen molar-refractivity contribution in [3.05, 3.63) is 11.1 Å². The number of piperidine rings is 1. The first-order chi connectivity index (χ1) is 9.82. The van der Waals surface area contributed by atoms with Crippen LogP contribution < -0.4 is 5.32 Å². The second kappa shape index (κ2) is 5.80. The highest BCUT2D eigenvalue weighted by Gasteiger charge is 2.38. The third-order valence-electron chi connectivity index (χ3n) is 3.68. The van der Waals surface area contributed by atoms with Crippen molar-refractivity contribution in [1.29, 1.82) is 0 Å². The van der Waals surface area contributed by atoms with Crippen LogP contribution in [0.3, 0.4) is 0 Å². The summed E-state index contributed by atoms with van der Waals surface area (Å²) in [6, 6.07) is 0. The molecule has 2 amide bonds. The van der Waals surface area contributed by atoms with E-state index in [4.69, 9.17) is 0 Å². The molecule has 1 aliphatic heterocycles. The zero-order valence-electron chi connectivity index (χ0n) is 11.9. The average molecular weight is 311 g/mol. The van der Waals surface area contributed by atoms with Gasteiger partial charge >= 0.3 is 5.97 Å². The summed E-state index contributed by atoms with van der Waals surface area (Å²) >= 11 is 1.19. The van der Waals surface area contributed by atoms with E-state index in [1.165, 1.54) is 18.3 Å². The van der Waals surface area contributed by atoms with Gasteiger partial charge in [-0.15, -0.1) is 11.3 Å². The topological polar surface area (TPSA) is 99.6 Å². The second-order valence-electron chi connectivity index (χ2n) is 5.38. The number of carboxylic acid groups (broad SMARTS) is 1. The summed E-state index contributed by atoms with van der Waals surface area (Å²) in [6.45, 7) is 3.87. The molecule has 0 spiro atoms. The van der Waals surface area contributed by atoms with Crippen molar-refractivity contribution in [2.75, 3.05) is 18.4 Å². The fourth-order valence-corrected chi connectivity index (χ4v) is 2.89. The minimum Gasteiger partial charge on any atom is -0.481 e. The van der Waals surface area contributed by atoms with Crippen LogP contribution in [0.4, 0.5) is 5.13 Å². The highest BCUT2D eigenvalue weighted by molar-refractivity contribution is 7.14. The van der Waals surface area contributed by atoms with Gasteiger partial charge in [-0.05, 0) is 19.8 Å². The zero-order valence-corrected chi connectivity index (χ0v) is 12.7. The minimum atomic E-state index is -0.823. The Morgan fingerprint density at radius 2 is 2.00 bits per heavy atom. The molecular formula is C13H17N3O4S. The molecule has 21 heavy (non-hydrogen) atoms. The van der Waals surface area contributed by atoms with E-state index >= 15 is 0 Å². The van der Waals surface area contributed by atoms with Crippen LogP contribution in [0.2, 0.25) is 0 Å². The third-order valence-corrected chi connectivity index (χ3v) is 4.43. The number of amides is 2. The molecular weight excluding hydrogens is 294 g/mol. The number of aliphatic carboxylic acids is 1. The summed E-state index contributed by atoms with van der Waals surface area (Å²) in [7, 11) is 0. The first kappa shape index (κ1) is 15.4. The molecule has 1 aromatic rings. The SMILES string of the molecule is CC(=O)Nc1nc(C(=O)N2CCC(C)(C(=O)O)CC2)cs1. The molecule has 1 aliphatic rings. The van der Waals surface area contributed by atoms with Gasteiger partial charge in [0.15, 0.2) is 5.13 Å². The van der Waals surface area contributed by atoms with Crippen LogP contribution in [0.1, 0.15) is 37.2 Å². The molecule has 7 nitrogen and oxygen atoms in total. The number of nitrogens with zero attached hydrogens (tertiary/aromatic N) is 2. The van der Waals surface area contributed by atoms with Gasteiger partial charge in [0.05, 0.1) is 5.41 Å². The lowest BCUT2D eigenvalue weighted by atomic mass is 9.80. The maximum absolute atomic E-state index is 12.3. The Morgan fingerprint density at radius 1 is 1.38 bits per heavy atom. The van der Waals surface area contributed by atoms with Crippen molar-refractivity contribution >= 4 is 34.3 Å². The number of carboxylic acids is 1. The fourth-order valence-electron chi connectivity index (χ4n) is 2.16. The maximum atomic E-state index is 12.3. The molecule has 1 saturated heterocycles. The Hall–Kier alpha value is -1.96. The van der Waals surface area contributed by atoms with Crippen LogP contribution >= 0.6 is 11.3 Å². The first-order valence-electron chi connectivity index (χ1n) is 6.57. The van der Waals surface area contributed by atoms with E-state index in [0.29, 0.717) is 31.1 Å². The van der Waals surface area contributed by atoms with E-state index in [2.05, 4.69) is 10.3 Å². The van der Waals surface area contributed by atoms with Crippen molar-refractivity contribution in [2.24, 2.45) is 5.41 Å². The molecule has 0 aromatic carbocycles. The number of rotatable bonds is 3. The molecule has 114 valence electrons. The van der Waals surface area contributed by atoms with Crippen molar-refractivity contribution in [2.45, 2.75) is 26.7 Å². The number of hydrogen-bond acceptors (Lipinski definition) is 5. The quantitative estimate of drug-likeness (QED) is 0.879. The Bertz CT molecular complexity index is 576. The fraction of sp³-hybridized carbons (Fsp3) is 0.538. The van der Waals surface area contributed by atoms with Crippen molar-refractivity contribution in [3.8, 4) is 0 Å². The molecule has 0 unspecified atom stereocenters. The summed E-state index contributed by atoms with van der Waals surface area (Å²) < 4.78 is 0. The normalized spacial score (nSPS) is 17.3. The van der Waals surface area contributed by atoms with Gasteiger partial charge < -0.3 is 15.3 Å². The van der Waals surface area contributed by atoms with Crippen molar-refractivity contribution in [3.63, 3.8) is 0 Å². The lowest BCUT2D eigenvalue weighted by Crippen LogP contribution is -2.45. The van der Waals surface area contributed by atoms with E-state index in [0.717, 1.165) is 0 Å². The number of hydrogen-bond donors (Lipinski definition) is 2. The summed E-state index contributed by atoms with van der Waals surface area (Å²) in [4.78, 5) is 40.1. The van der Waals surface area contributed by atoms with Crippen LogP contribution in [-0.4, -0.2) is 45.9 Å². The van der Waals surface area contributed by atoms with Gasteiger partial charge in [0.1, 0.15) is 5.69 Å². The predicted octanol–water partition coefficient (Wildman–Crippen LogP) is 1.43. The van der Waals surface area contributed by atoms with Crippen molar-refractivity contribution in [1.82, 2.24) is 9.88 Å². The third kappa shape index (κ3) is 3.38. The number of carbonyl (C=O) groups is 3. The molecule has 1 aromatic heterocycles. The van der Waals surface area contributed by atoms with E-state index in [1.54, 1.807) is 17.2 Å². The Labute approximate surface area is 126 Å². The number of anilines is 1. The van der Waals surface area contributed by atoms with Crippen LogP contribution in [0.25, 0.3) is 0 Å². The Balaban J connectivity index is 2.00. The molecule has 1 fully saturated rings. The van der Waals surface area contributed by atoms with Gasteiger partial charge in [-0.1, -0.05) is 0 Å². The Kier molecular flexibility index (Phi) is 4.26. The predicted molar refractivity (Wildman–Crippen MR) is 77.3 cm³/mol. The largest absolute Gasteiger partial charge is 0.481 e. The molecule has 8 heteroatoms. The van der Waals surface area contributed by atoms with E-state index in [-0.39, 0.29) is 17.5 Å². The minimum absolute atomic E-state index is 0.227. The van der Waals surface area contributed by atoms with Gasteiger partial charge in [0, 0.05) is 25.4 Å². The smallest absolute Gasteiger partial charge is 0.309 e. The highest BCUT2D eigenvalue weighted by atomic mass is 32.1. The standard InChI is InChI=1S/C13H17N3O4S/c1-8(17)14-12-15-9(7-21-12)10(18)16-5-3-13(2,4-6-16)11(19)20/h7H,3-6H2,1-2H3,(H,19,20)(H,14,15,17). The van der Waals surface area contributed by atoms with Gasteiger partial charge in [-0.25, -0.2) is 4.98 Å². The van der Waals surface area contributed by atoms with Gasteiger partial charge in [0.25, 0.3) is 5.91 Å². The van der Waals surface area contributed by atoms with Crippen LogP contribution in [0.15, 0.2) is 5.38 Å². The number of likely N-dealkylation sites (tertiary alicyclic amines) is 1. The molecule has 0 aliphatic carbocycles. The van der Waals surface area contributed by atoms with E-state index in [1.807, 2.05) is 0 Å². The summed E-state index contributed by atoms with van der Waals surface area (Å²) in [5.41, 5.74) is -0.483. The van der Waals surface area contributed by atoms with E-state index in [9.17, 15) is 19.5 Å². The van der Waals surface area contributed by atoms with Gasteiger partial charge in [0.2, 0.25) is 5.91 Å². The maximum Gasteiger partial charge on any atom is 0.309 e. The number of nitrogens with one attached hydrogen (secondary N) is 1. The number of carbonyl (C=O) groups excluding carboxylic acids is 2. The van der Waals surface area contributed by atoms with Gasteiger partial charge in [-0.3, -0.25) is 14.4 Å². The Morgan fingerprint density at radius 3 is 2.52 bits per heavy atom. The molecule has 0 atom stereocenters. The van der Waals surface area contributed by atoms with Crippen LogP contribution in [-0.2, 0) is 9.59 Å². The molecule has 2 rings (SSSR count). The summed E-state index contributed by atoms with van der Waals surface area (Å²) in [5.74, 6) is -1.29. The zero-order chi connectivity index (χ0) is 15.6. The monoisotopic (exact) mass is 311 g/mol. The molecule has 2 heterocycles. The van der Waals surface area contributed by atoms with E-state index < -0.39 is 11.4 Å². The molecule has 0 radical (unpaired) electrons. The molecule has 0 saturated carbocycles. The lowest BCUT2D eigenvalue weighted by molar-refractivity contribution is -0.150. The van der Waals surface area contributed by atoms with Crippen LogP contribution in [0.5, 0.6) is 0 Å². The second-order valence-corrected chi connectivity index (χ2v) is 6.24. The highest BCUT2D eigenvalue weighted by Crippen LogP contribution is 2.31.